The van der Waals surface area contributed by atoms with Crippen molar-refractivity contribution in [3.8, 4) is 0 Å². The molecular formula is C63H119NO13. The Hall–Kier alpha value is -1.53. The molecule has 2 fully saturated rings. The van der Waals surface area contributed by atoms with Crippen molar-refractivity contribution in [2.75, 3.05) is 19.8 Å². The van der Waals surface area contributed by atoms with Crippen molar-refractivity contribution in [2.45, 2.75) is 351 Å². The Morgan fingerprint density at radius 3 is 1.27 bits per heavy atom. The molecule has 2 rings (SSSR count). The van der Waals surface area contributed by atoms with Crippen LogP contribution in [0.25, 0.3) is 0 Å². The van der Waals surface area contributed by atoms with Gasteiger partial charge in [0.15, 0.2) is 12.6 Å². The average Bonchev–Trinajstić information content (AvgIpc) is 3.44. The molecule has 0 aromatic rings. The van der Waals surface area contributed by atoms with Crippen LogP contribution in [-0.2, 0) is 23.7 Å². The highest BCUT2D eigenvalue weighted by Gasteiger charge is 2.51. The van der Waals surface area contributed by atoms with Crippen LogP contribution in [0.4, 0.5) is 0 Å². The maximum absolute atomic E-state index is 13.3. The van der Waals surface area contributed by atoms with Crippen LogP contribution >= 0.6 is 0 Å². The highest BCUT2D eigenvalue weighted by molar-refractivity contribution is 5.76. The Morgan fingerprint density at radius 1 is 0.455 bits per heavy atom. The van der Waals surface area contributed by atoms with Gasteiger partial charge in [-0.3, -0.25) is 4.79 Å². The molecule has 0 spiro atoms. The molecular weight excluding hydrogens is 979 g/mol. The fourth-order valence-corrected chi connectivity index (χ4v) is 10.7. The molecule has 2 aliphatic heterocycles. The van der Waals surface area contributed by atoms with Gasteiger partial charge in [0.2, 0.25) is 5.91 Å². The van der Waals surface area contributed by atoms with Crippen molar-refractivity contribution in [3.63, 3.8) is 0 Å². The predicted molar refractivity (Wildman–Crippen MR) is 309 cm³/mol. The highest BCUT2D eigenvalue weighted by atomic mass is 16.7. The molecule has 14 heteroatoms. The summed E-state index contributed by atoms with van der Waals surface area (Å²) in [5.74, 6) is -0.243. The number of allylic oxidation sites excluding steroid dienone is 3. The number of ether oxygens (including phenoxy) is 4. The summed E-state index contributed by atoms with van der Waals surface area (Å²) in [7, 11) is 0. The number of hydrogen-bond donors (Lipinski definition) is 9. The predicted octanol–water partition coefficient (Wildman–Crippen LogP) is 11.6. The lowest BCUT2D eigenvalue weighted by Gasteiger charge is -2.46. The smallest absolute Gasteiger partial charge is 0.220 e. The minimum absolute atomic E-state index is 0.243. The Labute approximate surface area is 468 Å². The zero-order chi connectivity index (χ0) is 56.0. The molecule has 0 saturated carbocycles. The summed E-state index contributed by atoms with van der Waals surface area (Å²) in [6.45, 7) is 2.82. The first-order valence-corrected chi connectivity index (χ1v) is 32.1. The molecule has 2 heterocycles. The molecule has 14 nitrogen and oxygen atoms in total. The Kier molecular flexibility index (Phi) is 45.7. The first-order valence-electron chi connectivity index (χ1n) is 32.1. The lowest BCUT2D eigenvalue weighted by atomic mass is 9.97. The Balaban J connectivity index is 1.74. The van der Waals surface area contributed by atoms with Crippen LogP contribution in [0.3, 0.4) is 0 Å². The molecule has 0 aromatic heterocycles. The van der Waals surface area contributed by atoms with Crippen molar-refractivity contribution in [2.24, 2.45) is 0 Å². The van der Waals surface area contributed by atoms with E-state index in [1.807, 2.05) is 6.08 Å². The second-order valence-corrected chi connectivity index (χ2v) is 22.9. The van der Waals surface area contributed by atoms with E-state index in [0.717, 1.165) is 32.1 Å². The van der Waals surface area contributed by atoms with E-state index < -0.39 is 86.8 Å². The maximum atomic E-state index is 13.3. The summed E-state index contributed by atoms with van der Waals surface area (Å²) in [6, 6.07) is -0.928. The molecule has 12 unspecified atom stereocenters. The van der Waals surface area contributed by atoms with Crippen molar-refractivity contribution < 1.29 is 64.6 Å². The largest absolute Gasteiger partial charge is 0.394 e. The Bertz CT molecular complexity index is 1390. The van der Waals surface area contributed by atoms with Gasteiger partial charge in [0.05, 0.1) is 32.0 Å². The van der Waals surface area contributed by atoms with Crippen molar-refractivity contribution in [1.82, 2.24) is 5.32 Å². The van der Waals surface area contributed by atoms with E-state index in [4.69, 9.17) is 18.9 Å². The molecule has 0 radical (unpaired) electrons. The zero-order valence-electron chi connectivity index (χ0n) is 49.0. The fourth-order valence-electron chi connectivity index (χ4n) is 10.7. The third kappa shape index (κ3) is 34.5. The second kappa shape index (κ2) is 49.1. The van der Waals surface area contributed by atoms with Gasteiger partial charge in [-0.15, -0.1) is 0 Å². The number of carbonyl (C=O) groups is 1. The van der Waals surface area contributed by atoms with Crippen molar-refractivity contribution in [3.05, 3.63) is 24.3 Å². The van der Waals surface area contributed by atoms with Crippen LogP contribution in [0.15, 0.2) is 24.3 Å². The maximum Gasteiger partial charge on any atom is 0.220 e. The van der Waals surface area contributed by atoms with Gasteiger partial charge < -0.3 is 65.1 Å². The van der Waals surface area contributed by atoms with Crippen LogP contribution in [0.1, 0.15) is 277 Å². The van der Waals surface area contributed by atoms with Crippen LogP contribution in [0, 0.1) is 0 Å². The lowest BCUT2D eigenvalue weighted by molar-refractivity contribution is -0.359. The second-order valence-electron chi connectivity index (χ2n) is 22.9. The van der Waals surface area contributed by atoms with Crippen molar-refractivity contribution in [1.29, 1.82) is 0 Å². The molecule has 2 saturated heterocycles. The zero-order valence-corrected chi connectivity index (χ0v) is 49.0. The van der Waals surface area contributed by atoms with Gasteiger partial charge in [-0.1, -0.05) is 263 Å². The van der Waals surface area contributed by atoms with Gasteiger partial charge in [-0.25, -0.2) is 0 Å². The van der Waals surface area contributed by atoms with Gasteiger partial charge in [0, 0.05) is 6.42 Å². The first kappa shape index (κ1) is 71.6. The number of aliphatic hydroxyl groups excluding tert-OH is 8. The van der Waals surface area contributed by atoms with E-state index in [0.29, 0.717) is 12.8 Å². The van der Waals surface area contributed by atoms with E-state index in [9.17, 15) is 45.6 Å². The normalized spacial score (nSPS) is 24.8. The van der Waals surface area contributed by atoms with Gasteiger partial charge in [0.1, 0.15) is 48.8 Å². The lowest BCUT2D eigenvalue weighted by Crippen LogP contribution is -2.65. The average molecular weight is 1100 g/mol. The molecule has 1 amide bonds. The summed E-state index contributed by atoms with van der Waals surface area (Å²) in [5, 5.41) is 87.2. The number of hydrogen-bond acceptors (Lipinski definition) is 13. The highest BCUT2D eigenvalue weighted by Crippen LogP contribution is 2.30. The summed E-state index contributed by atoms with van der Waals surface area (Å²) >= 11 is 0. The summed E-state index contributed by atoms with van der Waals surface area (Å²) < 4.78 is 22.8. The SMILES string of the molecule is CCCCCCCCCCCCCCCC/C=C/CC/C=C/C(O)C(COC1OC(CO)C(OC2OC(CO)C(O)C(O)C2O)C(O)C1O)NC(=O)CCCCCCCCCCCCCCCCCCCCCCCCC. The molecule has 0 aromatic carbocycles. The number of aliphatic hydroxyl groups is 8. The number of unbranched alkanes of at least 4 members (excludes halogenated alkanes) is 37. The number of carbonyl (C=O) groups excluding carboxylic acids is 1. The first-order chi connectivity index (χ1) is 37.6. The third-order valence-corrected chi connectivity index (χ3v) is 15.9. The molecule has 77 heavy (non-hydrogen) atoms. The molecule has 0 aliphatic carbocycles. The van der Waals surface area contributed by atoms with Crippen molar-refractivity contribution >= 4 is 5.91 Å². The molecule has 12 atom stereocenters. The molecule has 454 valence electrons. The quantitative estimate of drug-likeness (QED) is 0.0204. The fraction of sp³-hybridized carbons (Fsp3) is 0.921. The molecule has 0 bridgehead atoms. The topological polar surface area (TPSA) is 228 Å². The van der Waals surface area contributed by atoms with E-state index in [1.165, 1.54) is 212 Å². The Morgan fingerprint density at radius 2 is 0.831 bits per heavy atom. The van der Waals surface area contributed by atoms with E-state index >= 15 is 0 Å². The molecule has 9 N–H and O–H groups in total. The van der Waals surface area contributed by atoms with Crippen LogP contribution in [-0.4, -0.2) is 140 Å². The van der Waals surface area contributed by atoms with Gasteiger partial charge in [-0.05, 0) is 32.1 Å². The van der Waals surface area contributed by atoms with Crippen LogP contribution in [0.2, 0.25) is 0 Å². The van der Waals surface area contributed by atoms with Gasteiger partial charge >= 0.3 is 0 Å². The summed E-state index contributed by atoms with van der Waals surface area (Å²) in [6.07, 6.45) is 42.2. The summed E-state index contributed by atoms with van der Waals surface area (Å²) in [4.78, 5) is 13.3. The van der Waals surface area contributed by atoms with E-state index in [-0.39, 0.29) is 18.9 Å². The number of amides is 1. The third-order valence-electron chi connectivity index (χ3n) is 15.9. The van der Waals surface area contributed by atoms with E-state index in [1.54, 1.807) is 6.08 Å². The van der Waals surface area contributed by atoms with Gasteiger partial charge in [-0.2, -0.15) is 0 Å². The summed E-state index contributed by atoms with van der Waals surface area (Å²) in [5.41, 5.74) is 0. The minimum Gasteiger partial charge on any atom is -0.394 e. The van der Waals surface area contributed by atoms with Crippen LogP contribution in [0.5, 0.6) is 0 Å². The standard InChI is InChI=1S/C63H119NO13/c1-3-5-7-9-11-13-15-17-19-21-23-25-26-27-29-31-33-35-37-39-41-43-45-47-55(68)64-51(52(67)46-44-42-40-38-36-34-32-30-28-24-22-20-18-16-14-12-10-8-6-4-2)50-74-62-60(73)58(71)61(54(49-66)76-62)77-63-59(72)57(70)56(69)53(48-65)75-63/h36,38,44,46,51-54,56-63,65-67,69-73H,3-35,37,39-43,45,47-50H2,1-2H3,(H,64,68)/b38-36+,46-44+. The van der Waals surface area contributed by atoms with Crippen LogP contribution < -0.4 is 5.32 Å². The van der Waals surface area contributed by atoms with E-state index in [2.05, 4.69) is 31.3 Å². The number of rotatable bonds is 52. The minimum atomic E-state index is -1.79. The monoisotopic (exact) mass is 1100 g/mol. The molecule has 2 aliphatic rings. The number of nitrogens with one attached hydrogen (secondary N) is 1. The van der Waals surface area contributed by atoms with Gasteiger partial charge in [0.25, 0.3) is 0 Å².